The number of nitrogens with two attached hydrogens (primary N) is 1. The Morgan fingerprint density at radius 2 is 1.82 bits per heavy atom. The molecule has 4 heteroatoms. The molecule has 17 heavy (non-hydrogen) atoms. The zero-order chi connectivity index (χ0) is 12.3. The van der Waals surface area contributed by atoms with Gasteiger partial charge in [0.15, 0.2) is 0 Å². The zero-order valence-corrected chi connectivity index (χ0v) is 10.6. The Balaban J connectivity index is 2.02. The van der Waals surface area contributed by atoms with Gasteiger partial charge in [-0.1, -0.05) is 17.7 Å². The van der Waals surface area contributed by atoms with Gasteiger partial charge >= 0.3 is 0 Å². The number of anilines is 1. The maximum absolute atomic E-state index is 13.0. The lowest BCUT2D eigenvalue weighted by Gasteiger charge is -2.03. The molecule has 2 aromatic carbocycles. The number of benzene rings is 2. The molecule has 0 aliphatic rings. The van der Waals surface area contributed by atoms with Gasteiger partial charge in [-0.05, 0) is 42.0 Å². The second kappa shape index (κ2) is 5.43. The molecule has 0 fully saturated rings. The first-order valence-corrected chi connectivity index (χ1v) is 6.44. The van der Waals surface area contributed by atoms with E-state index in [0.29, 0.717) is 0 Å². The molecule has 0 aliphatic carbocycles. The van der Waals surface area contributed by atoms with E-state index < -0.39 is 0 Å². The van der Waals surface area contributed by atoms with E-state index >= 15 is 0 Å². The van der Waals surface area contributed by atoms with E-state index in [0.717, 1.165) is 21.9 Å². The standard InChI is InChI=1S/C13H11ClFNS/c14-12-7-9(1-6-13(12)15)8-17-11-4-2-10(16)3-5-11/h1-7H,8,16H2. The van der Waals surface area contributed by atoms with E-state index in [1.807, 2.05) is 24.3 Å². The fourth-order valence-electron chi connectivity index (χ4n) is 1.36. The van der Waals surface area contributed by atoms with Crippen LogP contribution in [-0.2, 0) is 5.75 Å². The summed E-state index contributed by atoms with van der Waals surface area (Å²) < 4.78 is 13.0. The van der Waals surface area contributed by atoms with Crippen molar-refractivity contribution in [3.63, 3.8) is 0 Å². The third-order valence-corrected chi connectivity index (χ3v) is 3.64. The van der Waals surface area contributed by atoms with Crippen molar-refractivity contribution >= 4 is 29.1 Å². The number of hydrogen-bond donors (Lipinski definition) is 1. The second-order valence-corrected chi connectivity index (χ2v) is 5.06. The van der Waals surface area contributed by atoms with E-state index in [2.05, 4.69) is 0 Å². The molecule has 2 N–H and O–H groups in total. The monoisotopic (exact) mass is 267 g/mol. The Bertz CT molecular complexity index is 513. The van der Waals surface area contributed by atoms with Gasteiger partial charge in [0.1, 0.15) is 5.82 Å². The fourth-order valence-corrected chi connectivity index (χ4v) is 2.40. The first-order valence-electron chi connectivity index (χ1n) is 5.07. The molecule has 0 amide bonds. The summed E-state index contributed by atoms with van der Waals surface area (Å²) in [5, 5.41) is 0.167. The third kappa shape index (κ3) is 3.38. The van der Waals surface area contributed by atoms with E-state index in [1.54, 1.807) is 23.9 Å². The lowest BCUT2D eigenvalue weighted by atomic mass is 10.2. The molecular formula is C13H11ClFNS. The molecule has 2 aromatic rings. The van der Waals surface area contributed by atoms with Crippen LogP contribution in [0.25, 0.3) is 0 Å². The fraction of sp³-hybridized carbons (Fsp3) is 0.0769. The molecule has 0 heterocycles. The predicted octanol–water partition coefficient (Wildman–Crippen LogP) is 4.35. The van der Waals surface area contributed by atoms with E-state index in [1.165, 1.54) is 6.07 Å². The predicted molar refractivity (Wildman–Crippen MR) is 71.8 cm³/mol. The zero-order valence-electron chi connectivity index (χ0n) is 8.99. The summed E-state index contributed by atoms with van der Waals surface area (Å²) in [6.45, 7) is 0. The van der Waals surface area contributed by atoms with Gasteiger partial charge in [0.2, 0.25) is 0 Å². The van der Waals surface area contributed by atoms with Crippen LogP contribution in [0.4, 0.5) is 10.1 Å². The van der Waals surface area contributed by atoms with Crippen LogP contribution in [-0.4, -0.2) is 0 Å². The molecule has 0 unspecified atom stereocenters. The molecule has 0 saturated heterocycles. The number of hydrogen-bond acceptors (Lipinski definition) is 2. The minimum Gasteiger partial charge on any atom is -0.399 e. The van der Waals surface area contributed by atoms with Gasteiger partial charge in [-0.25, -0.2) is 4.39 Å². The summed E-state index contributed by atoms with van der Waals surface area (Å²) in [5.74, 6) is 0.372. The van der Waals surface area contributed by atoms with E-state index in [4.69, 9.17) is 17.3 Å². The topological polar surface area (TPSA) is 26.0 Å². The molecule has 0 aromatic heterocycles. The number of nitrogen functional groups attached to an aromatic ring is 1. The molecule has 0 spiro atoms. The van der Waals surface area contributed by atoms with Gasteiger partial charge < -0.3 is 5.73 Å². The lowest BCUT2D eigenvalue weighted by Crippen LogP contribution is -1.85. The van der Waals surface area contributed by atoms with Crippen LogP contribution in [0.1, 0.15) is 5.56 Å². The maximum Gasteiger partial charge on any atom is 0.141 e. The molecule has 0 radical (unpaired) electrons. The van der Waals surface area contributed by atoms with Crippen LogP contribution in [0.15, 0.2) is 47.4 Å². The van der Waals surface area contributed by atoms with Crippen molar-refractivity contribution < 1.29 is 4.39 Å². The van der Waals surface area contributed by atoms with Crippen LogP contribution >= 0.6 is 23.4 Å². The molecule has 88 valence electrons. The molecule has 0 saturated carbocycles. The largest absolute Gasteiger partial charge is 0.399 e. The van der Waals surface area contributed by atoms with Gasteiger partial charge in [0.25, 0.3) is 0 Å². The molecule has 0 aliphatic heterocycles. The third-order valence-electron chi connectivity index (χ3n) is 2.27. The summed E-state index contributed by atoms with van der Waals surface area (Å²) in [6.07, 6.45) is 0. The SMILES string of the molecule is Nc1ccc(SCc2ccc(F)c(Cl)c2)cc1. The van der Waals surface area contributed by atoms with Crippen LogP contribution in [0.3, 0.4) is 0 Å². The van der Waals surface area contributed by atoms with Crippen molar-refractivity contribution in [1.82, 2.24) is 0 Å². The van der Waals surface area contributed by atoms with Gasteiger partial charge in [-0.2, -0.15) is 0 Å². The second-order valence-electron chi connectivity index (χ2n) is 3.61. The Hall–Kier alpha value is -1.19. The normalized spacial score (nSPS) is 10.5. The number of halogens is 2. The van der Waals surface area contributed by atoms with Crippen molar-refractivity contribution in [2.45, 2.75) is 10.6 Å². The summed E-state index contributed by atoms with van der Waals surface area (Å²) in [6, 6.07) is 12.4. The van der Waals surface area contributed by atoms with Crippen molar-refractivity contribution in [3.8, 4) is 0 Å². The minimum atomic E-state index is -0.382. The highest BCUT2D eigenvalue weighted by Crippen LogP contribution is 2.25. The average molecular weight is 268 g/mol. The van der Waals surface area contributed by atoms with Gasteiger partial charge in [0, 0.05) is 16.3 Å². The molecule has 1 nitrogen and oxygen atoms in total. The Morgan fingerprint density at radius 3 is 2.47 bits per heavy atom. The molecular weight excluding hydrogens is 257 g/mol. The van der Waals surface area contributed by atoms with Crippen LogP contribution in [0.5, 0.6) is 0 Å². The Labute approximate surface area is 109 Å². The van der Waals surface area contributed by atoms with E-state index in [9.17, 15) is 4.39 Å². The van der Waals surface area contributed by atoms with Crippen molar-refractivity contribution in [2.75, 3.05) is 5.73 Å². The quantitative estimate of drug-likeness (QED) is 0.661. The Kier molecular flexibility index (Phi) is 3.92. The first-order chi connectivity index (χ1) is 8.15. The lowest BCUT2D eigenvalue weighted by molar-refractivity contribution is 0.628. The Morgan fingerprint density at radius 1 is 1.12 bits per heavy atom. The minimum absolute atomic E-state index is 0.167. The highest BCUT2D eigenvalue weighted by Gasteiger charge is 2.01. The highest BCUT2D eigenvalue weighted by molar-refractivity contribution is 7.98. The summed E-state index contributed by atoms with van der Waals surface area (Å²) in [4.78, 5) is 1.12. The maximum atomic E-state index is 13.0. The van der Waals surface area contributed by atoms with Gasteiger partial charge in [0.05, 0.1) is 5.02 Å². The van der Waals surface area contributed by atoms with Crippen LogP contribution in [0.2, 0.25) is 5.02 Å². The summed E-state index contributed by atoms with van der Waals surface area (Å²) >= 11 is 7.38. The molecule has 2 rings (SSSR count). The van der Waals surface area contributed by atoms with Gasteiger partial charge in [-0.15, -0.1) is 11.8 Å². The average Bonchev–Trinajstić information content (AvgIpc) is 2.33. The van der Waals surface area contributed by atoms with Gasteiger partial charge in [-0.3, -0.25) is 0 Å². The number of thioether (sulfide) groups is 1. The van der Waals surface area contributed by atoms with Crippen LogP contribution < -0.4 is 5.73 Å². The number of rotatable bonds is 3. The van der Waals surface area contributed by atoms with Crippen LogP contribution in [0, 0.1) is 5.82 Å². The van der Waals surface area contributed by atoms with Crippen molar-refractivity contribution in [1.29, 1.82) is 0 Å². The highest BCUT2D eigenvalue weighted by atomic mass is 35.5. The first kappa shape index (κ1) is 12.3. The van der Waals surface area contributed by atoms with Crippen molar-refractivity contribution in [3.05, 3.63) is 58.9 Å². The van der Waals surface area contributed by atoms with E-state index in [-0.39, 0.29) is 10.8 Å². The van der Waals surface area contributed by atoms with Crippen molar-refractivity contribution in [2.24, 2.45) is 0 Å². The summed E-state index contributed by atoms with van der Waals surface area (Å²) in [5.41, 5.74) is 7.35. The molecule has 0 bridgehead atoms. The smallest absolute Gasteiger partial charge is 0.141 e. The summed E-state index contributed by atoms with van der Waals surface area (Å²) in [7, 11) is 0. The molecule has 0 atom stereocenters.